The SMILES string of the molecule is CCCCN(C)C(C)(CCC)C(C)(C)NC(=O)c1cc(CC)on1. The number of unbranched alkanes of at least 4 members (excludes halogenated alkanes) is 1. The van der Waals surface area contributed by atoms with E-state index in [0.717, 1.165) is 44.4 Å². The molecule has 0 spiro atoms. The first kappa shape index (κ1) is 20.7. The number of hydrogen-bond acceptors (Lipinski definition) is 4. The molecular weight excluding hydrogens is 302 g/mol. The summed E-state index contributed by atoms with van der Waals surface area (Å²) in [5.74, 6) is 0.559. The van der Waals surface area contributed by atoms with Crippen molar-refractivity contribution in [1.29, 1.82) is 0 Å². The third kappa shape index (κ3) is 4.59. The maximum atomic E-state index is 12.6. The highest BCUT2D eigenvalue weighted by molar-refractivity contribution is 5.92. The van der Waals surface area contributed by atoms with Gasteiger partial charge in [-0.15, -0.1) is 0 Å². The van der Waals surface area contributed by atoms with E-state index < -0.39 is 5.54 Å². The van der Waals surface area contributed by atoms with E-state index in [-0.39, 0.29) is 11.4 Å². The van der Waals surface area contributed by atoms with Gasteiger partial charge in [0.15, 0.2) is 5.69 Å². The molecule has 1 aromatic rings. The molecule has 24 heavy (non-hydrogen) atoms. The van der Waals surface area contributed by atoms with Crippen LogP contribution in [0.4, 0.5) is 0 Å². The number of aromatic nitrogens is 1. The van der Waals surface area contributed by atoms with Crippen molar-refractivity contribution in [2.75, 3.05) is 13.6 Å². The van der Waals surface area contributed by atoms with Crippen molar-refractivity contribution in [2.45, 2.75) is 84.7 Å². The average Bonchev–Trinajstić information content (AvgIpc) is 3.01. The molecule has 1 atom stereocenters. The van der Waals surface area contributed by atoms with Crippen molar-refractivity contribution in [2.24, 2.45) is 0 Å². The van der Waals surface area contributed by atoms with Crippen LogP contribution in [0.2, 0.25) is 0 Å². The van der Waals surface area contributed by atoms with Crippen molar-refractivity contribution in [1.82, 2.24) is 15.4 Å². The van der Waals surface area contributed by atoms with Gasteiger partial charge in [0, 0.05) is 18.0 Å². The van der Waals surface area contributed by atoms with Gasteiger partial charge in [-0.1, -0.05) is 38.8 Å². The third-order valence-electron chi connectivity index (χ3n) is 5.34. The molecule has 1 rings (SSSR count). The summed E-state index contributed by atoms with van der Waals surface area (Å²) in [5, 5.41) is 7.08. The van der Waals surface area contributed by atoms with E-state index in [1.807, 2.05) is 6.92 Å². The summed E-state index contributed by atoms with van der Waals surface area (Å²) in [5.41, 5.74) is -0.173. The summed E-state index contributed by atoms with van der Waals surface area (Å²) < 4.78 is 5.16. The van der Waals surface area contributed by atoms with Gasteiger partial charge < -0.3 is 9.84 Å². The summed E-state index contributed by atoms with van der Waals surface area (Å²) in [6.07, 6.45) is 5.13. The van der Waals surface area contributed by atoms with Crippen molar-refractivity contribution >= 4 is 5.91 Å². The van der Waals surface area contributed by atoms with Crippen molar-refractivity contribution in [3.63, 3.8) is 0 Å². The maximum absolute atomic E-state index is 12.6. The van der Waals surface area contributed by atoms with E-state index in [1.165, 1.54) is 0 Å². The summed E-state index contributed by atoms with van der Waals surface area (Å²) in [4.78, 5) is 15.0. The molecule has 1 amide bonds. The van der Waals surface area contributed by atoms with E-state index in [4.69, 9.17) is 4.52 Å². The lowest BCUT2D eigenvalue weighted by Gasteiger charge is -2.50. The molecule has 0 aromatic carbocycles. The maximum Gasteiger partial charge on any atom is 0.273 e. The summed E-state index contributed by atoms with van der Waals surface area (Å²) in [6, 6.07) is 1.73. The highest BCUT2D eigenvalue weighted by atomic mass is 16.5. The van der Waals surface area contributed by atoms with Crippen LogP contribution in [0.5, 0.6) is 0 Å². The Morgan fingerprint density at radius 3 is 2.42 bits per heavy atom. The lowest BCUT2D eigenvalue weighted by molar-refractivity contribution is 0.0327. The first-order valence-corrected chi connectivity index (χ1v) is 9.21. The van der Waals surface area contributed by atoms with Crippen LogP contribution in [0, 0.1) is 0 Å². The molecule has 0 aliphatic heterocycles. The van der Waals surface area contributed by atoms with Crippen LogP contribution in [0.1, 0.15) is 83.5 Å². The largest absolute Gasteiger partial charge is 0.361 e. The van der Waals surface area contributed by atoms with Crippen LogP contribution < -0.4 is 5.32 Å². The minimum Gasteiger partial charge on any atom is -0.361 e. The molecule has 1 aromatic heterocycles. The Morgan fingerprint density at radius 2 is 1.92 bits per heavy atom. The monoisotopic (exact) mass is 337 g/mol. The van der Waals surface area contributed by atoms with Crippen LogP contribution in [-0.2, 0) is 6.42 Å². The first-order chi connectivity index (χ1) is 11.2. The number of aryl methyl sites for hydroxylation is 1. The molecule has 5 nitrogen and oxygen atoms in total. The van der Waals surface area contributed by atoms with Crippen LogP contribution >= 0.6 is 0 Å². The fourth-order valence-corrected chi connectivity index (χ4v) is 3.18. The normalized spacial score (nSPS) is 14.7. The topological polar surface area (TPSA) is 58.4 Å². The summed E-state index contributed by atoms with van der Waals surface area (Å²) >= 11 is 0. The Hall–Kier alpha value is -1.36. The Bertz CT molecular complexity index is 524. The van der Waals surface area contributed by atoms with Gasteiger partial charge >= 0.3 is 0 Å². The van der Waals surface area contributed by atoms with Crippen molar-refractivity contribution in [3.8, 4) is 0 Å². The van der Waals surface area contributed by atoms with Crippen LogP contribution in [0.25, 0.3) is 0 Å². The number of nitrogens with zero attached hydrogens (tertiary/aromatic N) is 2. The molecular formula is C19H35N3O2. The Balaban J connectivity index is 2.96. The molecule has 1 N–H and O–H groups in total. The van der Waals surface area contributed by atoms with E-state index in [2.05, 4.69) is 57.0 Å². The zero-order valence-electron chi connectivity index (χ0n) is 16.5. The number of rotatable bonds is 10. The number of carbonyl (C=O) groups is 1. The van der Waals surface area contributed by atoms with Gasteiger partial charge in [0.25, 0.3) is 5.91 Å². The molecule has 1 unspecified atom stereocenters. The quantitative estimate of drug-likeness (QED) is 0.700. The fraction of sp³-hybridized carbons (Fsp3) is 0.789. The summed E-state index contributed by atoms with van der Waals surface area (Å²) in [6.45, 7) is 13.8. The summed E-state index contributed by atoms with van der Waals surface area (Å²) in [7, 11) is 2.16. The lowest BCUT2D eigenvalue weighted by Crippen LogP contribution is -2.66. The zero-order chi connectivity index (χ0) is 18.4. The second kappa shape index (κ2) is 8.65. The van der Waals surface area contributed by atoms with Gasteiger partial charge in [-0.3, -0.25) is 9.69 Å². The highest BCUT2D eigenvalue weighted by Gasteiger charge is 2.44. The van der Waals surface area contributed by atoms with Gasteiger partial charge in [0.1, 0.15) is 5.76 Å². The molecule has 138 valence electrons. The van der Waals surface area contributed by atoms with E-state index in [9.17, 15) is 4.79 Å². The van der Waals surface area contributed by atoms with Gasteiger partial charge in [-0.05, 0) is 47.2 Å². The fourth-order valence-electron chi connectivity index (χ4n) is 3.18. The first-order valence-electron chi connectivity index (χ1n) is 9.21. The minimum absolute atomic E-state index is 0.135. The zero-order valence-corrected chi connectivity index (χ0v) is 16.5. The number of carbonyl (C=O) groups excluding carboxylic acids is 1. The average molecular weight is 338 g/mol. The molecule has 0 radical (unpaired) electrons. The van der Waals surface area contributed by atoms with E-state index in [1.54, 1.807) is 6.07 Å². The van der Waals surface area contributed by atoms with Gasteiger partial charge in [0.2, 0.25) is 0 Å². The standard InChI is InChI=1S/C19H35N3O2/c1-8-11-13-22(7)19(6,12-9-2)18(4,5)20-17(23)16-14-15(10-3)24-21-16/h14H,8-13H2,1-7H3,(H,20,23). The number of nitrogens with one attached hydrogen (secondary N) is 1. The second-order valence-electron chi connectivity index (χ2n) is 7.41. The predicted molar refractivity (Wildman–Crippen MR) is 98.3 cm³/mol. The van der Waals surface area contributed by atoms with Crippen molar-refractivity contribution in [3.05, 3.63) is 17.5 Å². The molecule has 5 heteroatoms. The predicted octanol–water partition coefficient (Wildman–Crippen LogP) is 4.04. The molecule has 0 saturated carbocycles. The van der Waals surface area contributed by atoms with Gasteiger partial charge in [0.05, 0.1) is 5.54 Å². The van der Waals surface area contributed by atoms with Crippen LogP contribution in [-0.4, -0.2) is 40.6 Å². The lowest BCUT2D eigenvalue weighted by atomic mass is 9.76. The molecule has 0 saturated heterocycles. The number of hydrogen-bond donors (Lipinski definition) is 1. The Kier molecular flexibility index (Phi) is 7.46. The molecule has 0 fully saturated rings. The van der Waals surface area contributed by atoms with Crippen LogP contribution in [0.15, 0.2) is 10.6 Å². The van der Waals surface area contributed by atoms with E-state index >= 15 is 0 Å². The van der Waals surface area contributed by atoms with Gasteiger partial charge in [-0.2, -0.15) is 0 Å². The van der Waals surface area contributed by atoms with E-state index in [0.29, 0.717) is 5.69 Å². The molecule has 0 aliphatic rings. The van der Waals surface area contributed by atoms with Crippen LogP contribution in [0.3, 0.4) is 0 Å². The Morgan fingerprint density at radius 1 is 1.25 bits per heavy atom. The number of amides is 1. The van der Waals surface area contributed by atoms with Crippen molar-refractivity contribution < 1.29 is 9.32 Å². The minimum atomic E-state index is -0.395. The molecule has 1 heterocycles. The number of likely N-dealkylation sites (N-methyl/N-ethyl adjacent to an activating group) is 1. The molecule has 0 aliphatic carbocycles. The Labute approximate surface area is 147 Å². The van der Waals surface area contributed by atoms with Gasteiger partial charge in [-0.25, -0.2) is 0 Å². The highest BCUT2D eigenvalue weighted by Crippen LogP contribution is 2.33. The smallest absolute Gasteiger partial charge is 0.273 e. The third-order valence-corrected chi connectivity index (χ3v) is 5.34. The molecule has 0 bridgehead atoms. The second-order valence-corrected chi connectivity index (χ2v) is 7.41.